The second-order valence-electron chi connectivity index (χ2n) is 6.45. The van der Waals surface area contributed by atoms with E-state index >= 15 is 0 Å². The van der Waals surface area contributed by atoms with Gasteiger partial charge in [0.15, 0.2) is 0 Å². The van der Waals surface area contributed by atoms with E-state index in [0.29, 0.717) is 25.9 Å². The van der Waals surface area contributed by atoms with Gasteiger partial charge >= 0.3 is 0 Å². The summed E-state index contributed by atoms with van der Waals surface area (Å²) in [5.41, 5.74) is 1.06. The number of nitrogens with one attached hydrogen (secondary N) is 1. The van der Waals surface area contributed by atoms with Gasteiger partial charge in [-0.1, -0.05) is 55.8 Å². The van der Waals surface area contributed by atoms with E-state index in [0.717, 1.165) is 12.0 Å². The molecule has 0 saturated carbocycles. The highest BCUT2D eigenvalue weighted by Gasteiger charge is 2.22. The Balaban J connectivity index is 1.90. The fourth-order valence-corrected chi connectivity index (χ4v) is 4.29. The average molecular weight is 376 g/mol. The van der Waals surface area contributed by atoms with Crippen molar-refractivity contribution in [3.63, 3.8) is 0 Å². The molecule has 0 aliphatic rings. The fourth-order valence-electron chi connectivity index (χ4n) is 2.84. The van der Waals surface area contributed by atoms with Gasteiger partial charge in [-0.25, -0.2) is 4.39 Å². The number of halogens is 2. The number of carbonyl (C=O) groups is 1. The molecule has 3 aromatic rings. The maximum Gasteiger partial charge on any atom is 0.263 e. The summed E-state index contributed by atoms with van der Waals surface area (Å²) in [4.78, 5) is 13.2. The molecule has 1 aromatic heterocycles. The van der Waals surface area contributed by atoms with Crippen LogP contribution in [0.25, 0.3) is 10.1 Å². The van der Waals surface area contributed by atoms with Crippen LogP contribution in [0.3, 0.4) is 0 Å². The first-order valence-electron chi connectivity index (χ1n) is 8.19. The van der Waals surface area contributed by atoms with E-state index < -0.39 is 0 Å². The molecule has 1 atom stereocenters. The topological polar surface area (TPSA) is 29.1 Å². The lowest BCUT2D eigenvalue weighted by Gasteiger charge is -2.21. The lowest BCUT2D eigenvalue weighted by molar-refractivity contribution is 0.0936. The van der Waals surface area contributed by atoms with Gasteiger partial charge in [0, 0.05) is 10.1 Å². The first kappa shape index (κ1) is 17.9. The molecule has 3 rings (SSSR count). The van der Waals surface area contributed by atoms with Crippen LogP contribution in [0, 0.1) is 11.7 Å². The second-order valence-corrected chi connectivity index (χ2v) is 7.88. The number of carbonyl (C=O) groups excluding carboxylic acids is 1. The molecule has 1 amide bonds. The molecule has 0 fully saturated rings. The van der Waals surface area contributed by atoms with Crippen LogP contribution in [-0.2, 0) is 0 Å². The van der Waals surface area contributed by atoms with E-state index in [1.807, 2.05) is 30.3 Å². The van der Waals surface area contributed by atoms with Gasteiger partial charge < -0.3 is 5.32 Å². The van der Waals surface area contributed by atoms with Crippen molar-refractivity contribution >= 4 is 38.9 Å². The molecule has 25 heavy (non-hydrogen) atoms. The van der Waals surface area contributed by atoms with E-state index in [1.165, 1.54) is 23.5 Å². The van der Waals surface area contributed by atoms with Crippen molar-refractivity contribution in [1.29, 1.82) is 0 Å². The minimum Gasteiger partial charge on any atom is -0.344 e. The molecule has 1 N–H and O–H groups in total. The van der Waals surface area contributed by atoms with Crippen LogP contribution < -0.4 is 5.32 Å². The highest BCUT2D eigenvalue weighted by atomic mass is 35.5. The lowest BCUT2D eigenvalue weighted by atomic mass is 9.97. The van der Waals surface area contributed by atoms with E-state index in [4.69, 9.17) is 11.6 Å². The average Bonchev–Trinajstić information content (AvgIpc) is 2.91. The fraction of sp³-hybridized carbons (Fsp3) is 0.250. The largest absolute Gasteiger partial charge is 0.344 e. The Morgan fingerprint density at radius 3 is 2.60 bits per heavy atom. The van der Waals surface area contributed by atoms with Crippen molar-refractivity contribution < 1.29 is 9.18 Å². The molecule has 1 unspecified atom stereocenters. The van der Waals surface area contributed by atoms with Gasteiger partial charge in [0.25, 0.3) is 5.91 Å². The summed E-state index contributed by atoms with van der Waals surface area (Å²) in [6.07, 6.45) is 0.826. The minimum absolute atomic E-state index is 0.0910. The highest BCUT2D eigenvalue weighted by Crippen LogP contribution is 2.36. The summed E-state index contributed by atoms with van der Waals surface area (Å²) >= 11 is 7.58. The van der Waals surface area contributed by atoms with Crippen LogP contribution in [0.2, 0.25) is 5.02 Å². The highest BCUT2D eigenvalue weighted by molar-refractivity contribution is 7.21. The zero-order valence-corrected chi connectivity index (χ0v) is 15.6. The summed E-state index contributed by atoms with van der Waals surface area (Å²) in [6.45, 7) is 4.24. The zero-order valence-electron chi connectivity index (χ0n) is 14.1. The number of benzene rings is 2. The van der Waals surface area contributed by atoms with Crippen LogP contribution >= 0.6 is 22.9 Å². The zero-order chi connectivity index (χ0) is 18.0. The van der Waals surface area contributed by atoms with Gasteiger partial charge in [-0.15, -0.1) is 11.3 Å². The minimum atomic E-state index is -0.334. The van der Waals surface area contributed by atoms with Gasteiger partial charge in [0.05, 0.1) is 11.1 Å². The van der Waals surface area contributed by atoms with Crippen molar-refractivity contribution in [2.45, 2.75) is 26.3 Å². The predicted molar refractivity (Wildman–Crippen MR) is 103 cm³/mol. The quantitative estimate of drug-likeness (QED) is 0.564. The summed E-state index contributed by atoms with van der Waals surface area (Å²) in [5.74, 6) is -0.127. The molecule has 0 saturated heterocycles. The Morgan fingerprint density at radius 1 is 1.20 bits per heavy atom. The molecule has 0 radical (unpaired) electrons. The van der Waals surface area contributed by atoms with Crippen LogP contribution in [-0.4, -0.2) is 5.91 Å². The Kier molecular flexibility index (Phi) is 5.40. The molecule has 2 nitrogen and oxygen atoms in total. The van der Waals surface area contributed by atoms with E-state index in [-0.39, 0.29) is 17.8 Å². The van der Waals surface area contributed by atoms with Crippen molar-refractivity contribution in [1.82, 2.24) is 5.32 Å². The van der Waals surface area contributed by atoms with Crippen LogP contribution in [0.1, 0.15) is 41.5 Å². The molecule has 130 valence electrons. The number of fused-ring (bicyclic) bond motifs is 1. The second kappa shape index (κ2) is 7.54. The smallest absolute Gasteiger partial charge is 0.263 e. The van der Waals surface area contributed by atoms with Crippen molar-refractivity contribution in [3.05, 3.63) is 69.8 Å². The third kappa shape index (κ3) is 4.02. The molecule has 0 bridgehead atoms. The number of rotatable bonds is 5. The van der Waals surface area contributed by atoms with Gasteiger partial charge in [-0.05, 0) is 36.1 Å². The maximum atomic E-state index is 13.4. The Morgan fingerprint density at radius 2 is 1.92 bits per heavy atom. The Hall–Kier alpha value is -1.91. The molecule has 0 spiro atoms. The SMILES string of the molecule is CC(C)CC(NC(=O)c1sc2cc(F)ccc2c1Cl)c1ccccc1. The number of hydrogen-bond acceptors (Lipinski definition) is 2. The predicted octanol–water partition coefficient (Wildman–Crippen LogP) is 6.21. The van der Waals surface area contributed by atoms with Crippen LogP contribution in [0.4, 0.5) is 4.39 Å². The number of amides is 1. The van der Waals surface area contributed by atoms with Crippen LogP contribution in [0.15, 0.2) is 48.5 Å². The molecular weight excluding hydrogens is 357 g/mol. The molecular formula is C20H19ClFNOS. The molecule has 2 aromatic carbocycles. The summed E-state index contributed by atoms with van der Waals surface area (Å²) in [5, 5.41) is 4.18. The lowest BCUT2D eigenvalue weighted by Crippen LogP contribution is -2.29. The summed E-state index contributed by atoms with van der Waals surface area (Å²) in [6, 6.07) is 14.2. The normalized spacial score (nSPS) is 12.5. The molecule has 0 aliphatic heterocycles. The summed E-state index contributed by atoms with van der Waals surface area (Å²) in [7, 11) is 0. The first-order valence-corrected chi connectivity index (χ1v) is 9.38. The monoisotopic (exact) mass is 375 g/mol. The van der Waals surface area contributed by atoms with Crippen molar-refractivity contribution in [2.24, 2.45) is 5.92 Å². The molecule has 0 aliphatic carbocycles. The standard InChI is InChI=1S/C20H19ClFNOS/c1-12(2)10-16(13-6-4-3-5-7-13)23-20(24)19-18(21)15-9-8-14(22)11-17(15)25-19/h3-9,11-12,16H,10H2,1-2H3,(H,23,24). The van der Waals surface area contributed by atoms with Gasteiger partial charge in [0.1, 0.15) is 10.7 Å². The third-order valence-corrected chi connectivity index (χ3v) is 5.67. The Labute approximate surface area is 155 Å². The van der Waals surface area contributed by atoms with Crippen molar-refractivity contribution in [3.8, 4) is 0 Å². The molecule has 5 heteroatoms. The van der Waals surface area contributed by atoms with Crippen molar-refractivity contribution in [2.75, 3.05) is 0 Å². The van der Waals surface area contributed by atoms with Gasteiger partial charge in [-0.2, -0.15) is 0 Å². The molecule has 1 heterocycles. The van der Waals surface area contributed by atoms with E-state index in [2.05, 4.69) is 19.2 Å². The number of thiophene rings is 1. The van der Waals surface area contributed by atoms with E-state index in [1.54, 1.807) is 6.07 Å². The Bertz CT molecular complexity index is 891. The van der Waals surface area contributed by atoms with Gasteiger partial charge in [-0.3, -0.25) is 4.79 Å². The van der Waals surface area contributed by atoms with E-state index in [9.17, 15) is 9.18 Å². The van der Waals surface area contributed by atoms with Crippen LogP contribution in [0.5, 0.6) is 0 Å². The number of hydrogen-bond donors (Lipinski definition) is 1. The third-order valence-electron chi connectivity index (χ3n) is 4.01. The summed E-state index contributed by atoms with van der Waals surface area (Å²) < 4.78 is 14.1. The van der Waals surface area contributed by atoms with Gasteiger partial charge in [0.2, 0.25) is 0 Å². The first-order chi connectivity index (χ1) is 12.0. The maximum absolute atomic E-state index is 13.4.